The molecule has 0 radical (unpaired) electrons. The zero-order valence-electron chi connectivity index (χ0n) is 18.9. The molecule has 0 amide bonds. The summed E-state index contributed by atoms with van der Waals surface area (Å²) in [6, 6.07) is 9.69. The summed E-state index contributed by atoms with van der Waals surface area (Å²) in [7, 11) is 0. The first-order chi connectivity index (χ1) is 15.7. The molecule has 0 saturated carbocycles. The van der Waals surface area contributed by atoms with Crippen LogP contribution in [-0.4, -0.2) is 52.5 Å². The van der Waals surface area contributed by atoms with Crippen molar-refractivity contribution >= 4 is 11.2 Å². The van der Waals surface area contributed by atoms with E-state index < -0.39 is 11.8 Å². The largest absolute Gasteiger partial charge is 0.387 e. The van der Waals surface area contributed by atoms with Gasteiger partial charge in [-0.2, -0.15) is 10.4 Å². The van der Waals surface area contributed by atoms with Gasteiger partial charge in [-0.1, -0.05) is 5.21 Å². The molecule has 9 nitrogen and oxygen atoms in total. The maximum atomic E-state index is 14.3. The second kappa shape index (κ2) is 8.60. The molecule has 0 aliphatic carbocycles. The molecule has 4 rings (SSSR count). The van der Waals surface area contributed by atoms with Crippen LogP contribution in [0.1, 0.15) is 33.3 Å². The summed E-state index contributed by atoms with van der Waals surface area (Å²) in [5.74, 6) is 0. The number of nitrogens with one attached hydrogen (secondary N) is 1. The summed E-state index contributed by atoms with van der Waals surface area (Å²) >= 11 is 0. The third-order valence-corrected chi connectivity index (χ3v) is 5.17. The fraction of sp³-hybridized carbons (Fsp3) is 0.348. The van der Waals surface area contributed by atoms with E-state index in [0.717, 1.165) is 22.5 Å². The molecule has 0 spiro atoms. The van der Waals surface area contributed by atoms with E-state index in [1.807, 2.05) is 32.0 Å². The van der Waals surface area contributed by atoms with Crippen molar-refractivity contribution < 1.29 is 9.50 Å². The van der Waals surface area contributed by atoms with Crippen molar-refractivity contribution in [2.45, 2.75) is 52.1 Å². The first-order valence-corrected chi connectivity index (χ1v) is 10.6. The van der Waals surface area contributed by atoms with Gasteiger partial charge in [0, 0.05) is 23.5 Å². The normalized spacial score (nSPS) is 12.8. The summed E-state index contributed by atoms with van der Waals surface area (Å²) in [6.45, 7) is 6.78. The van der Waals surface area contributed by atoms with E-state index in [-0.39, 0.29) is 12.6 Å². The number of hydrogen-bond acceptors (Lipinski definition) is 7. The number of nitrogens with zero attached hydrogens (tertiary/aromatic N) is 7. The number of hydrogen-bond donors (Lipinski definition) is 2. The Labute approximate surface area is 190 Å². The van der Waals surface area contributed by atoms with Crippen molar-refractivity contribution in [3.05, 3.63) is 48.4 Å². The molecule has 0 saturated heterocycles. The predicted molar refractivity (Wildman–Crippen MR) is 122 cm³/mol. The van der Waals surface area contributed by atoms with E-state index in [9.17, 15) is 9.50 Å². The second-order valence-electron chi connectivity index (χ2n) is 8.77. The van der Waals surface area contributed by atoms with E-state index in [4.69, 9.17) is 5.26 Å². The first-order valence-electron chi connectivity index (χ1n) is 10.6. The summed E-state index contributed by atoms with van der Waals surface area (Å²) in [4.78, 5) is 4.61. The maximum absolute atomic E-state index is 14.3. The van der Waals surface area contributed by atoms with Crippen molar-refractivity contribution in [3.8, 4) is 28.7 Å². The summed E-state index contributed by atoms with van der Waals surface area (Å²) in [5, 5.41) is 34.9. The van der Waals surface area contributed by atoms with Gasteiger partial charge in [-0.3, -0.25) is 4.98 Å². The highest BCUT2D eigenvalue weighted by atomic mass is 19.1. The zero-order chi connectivity index (χ0) is 23.8. The molecule has 0 aliphatic heterocycles. The van der Waals surface area contributed by atoms with Crippen molar-refractivity contribution in [1.29, 1.82) is 5.26 Å². The van der Waals surface area contributed by atoms with Crippen LogP contribution in [0.4, 0.5) is 10.1 Å². The highest BCUT2D eigenvalue weighted by Crippen LogP contribution is 2.31. The molecule has 4 aromatic heterocycles. The van der Waals surface area contributed by atoms with Crippen LogP contribution in [0.15, 0.2) is 42.9 Å². The van der Waals surface area contributed by atoms with Gasteiger partial charge in [0.15, 0.2) is 0 Å². The summed E-state index contributed by atoms with van der Waals surface area (Å²) < 4.78 is 17.4. The summed E-state index contributed by atoms with van der Waals surface area (Å²) in [6.07, 6.45) is 3.36. The fourth-order valence-corrected chi connectivity index (χ4v) is 3.38. The highest BCUT2D eigenvalue weighted by molar-refractivity contribution is 5.78. The van der Waals surface area contributed by atoms with Crippen LogP contribution >= 0.6 is 0 Å². The van der Waals surface area contributed by atoms with Crippen molar-refractivity contribution in [1.82, 2.24) is 29.6 Å². The van der Waals surface area contributed by atoms with Crippen LogP contribution in [0.2, 0.25) is 0 Å². The van der Waals surface area contributed by atoms with E-state index in [1.165, 1.54) is 24.7 Å². The number of rotatable bonds is 7. The minimum absolute atomic E-state index is 0.110. The standard InChI is InChI=1S/C23H25FN8O/c1-14(2)28-18-8-19(21-6-5-16-7-15(9-25)10-27-32(16)21)26-11-17(18)20-12-31(30-29-20)13-22(24)23(3,4)33/h5-8,10-12,14,22,33H,13H2,1-4H3,(H,26,28). The van der Waals surface area contributed by atoms with Gasteiger partial charge in [-0.05, 0) is 52.0 Å². The van der Waals surface area contributed by atoms with Crippen LogP contribution in [0.25, 0.3) is 28.2 Å². The van der Waals surface area contributed by atoms with Gasteiger partial charge in [-0.15, -0.1) is 5.10 Å². The lowest BCUT2D eigenvalue weighted by atomic mass is 10.0. The van der Waals surface area contributed by atoms with Crippen molar-refractivity contribution in [2.75, 3.05) is 5.32 Å². The smallest absolute Gasteiger partial charge is 0.148 e. The van der Waals surface area contributed by atoms with Gasteiger partial charge in [0.25, 0.3) is 0 Å². The number of alkyl halides is 1. The minimum atomic E-state index is -1.49. The van der Waals surface area contributed by atoms with Crippen LogP contribution in [0.3, 0.4) is 0 Å². The van der Waals surface area contributed by atoms with Crippen LogP contribution in [0.5, 0.6) is 0 Å². The van der Waals surface area contributed by atoms with E-state index >= 15 is 0 Å². The predicted octanol–water partition coefficient (Wildman–Crippen LogP) is 3.46. The Morgan fingerprint density at radius 1 is 1.21 bits per heavy atom. The Bertz CT molecular complexity index is 1330. The lowest BCUT2D eigenvalue weighted by molar-refractivity contribution is -0.0120. The topological polar surface area (TPSA) is 117 Å². The number of fused-ring (bicyclic) bond motifs is 1. The van der Waals surface area contributed by atoms with E-state index in [0.29, 0.717) is 17.0 Å². The molecule has 0 bridgehead atoms. The van der Waals surface area contributed by atoms with Gasteiger partial charge >= 0.3 is 0 Å². The Balaban J connectivity index is 1.71. The number of anilines is 1. The van der Waals surface area contributed by atoms with E-state index in [2.05, 4.69) is 31.8 Å². The van der Waals surface area contributed by atoms with E-state index in [1.54, 1.807) is 23.0 Å². The van der Waals surface area contributed by atoms with Crippen molar-refractivity contribution in [3.63, 3.8) is 0 Å². The molecule has 4 aromatic rings. The number of pyridine rings is 1. The average molecular weight is 449 g/mol. The molecule has 0 aliphatic rings. The summed E-state index contributed by atoms with van der Waals surface area (Å²) in [5.41, 5.74) is 3.34. The number of nitriles is 1. The van der Waals surface area contributed by atoms with Gasteiger partial charge in [0.05, 0.1) is 47.0 Å². The zero-order valence-corrected chi connectivity index (χ0v) is 18.9. The van der Waals surface area contributed by atoms with Gasteiger partial charge in [0.2, 0.25) is 0 Å². The lowest BCUT2D eigenvalue weighted by Gasteiger charge is -2.21. The quantitative estimate of drug-likeness (QED) is 0.445. The Morgan fingerprint density at radius 2 is 2.00 bits per heavy atom. The van der Waals surface area contributed by atoms with Crippen LogP contribution in [0, 0.1) is 11.3 Å². The molecule has 170 valence electrons. The molecule has 2 N–H and O–H groups in total. The number of aromatic nitrogens is 6. The molecule has 1 unspecified atom stereocenters. The average Bonchev–Trinajstić information content (AvgIpc) is 3.39. The molecule has 1 atom stereocenters. The Hall–Kier alpha value is -3.84. The number of aliphatic hydroxyl groups is 1. The fourth-order valence-electron chi connectivity index (χ4n) is 3.38. The number of halogens is 1. The minimum Gasteiger partial charge on any atom is -0.387 e. The van der Waals surface area contributed by atoms with Crippen molar-refractivity contribution in [2.24, 2.45) is 0 Å². The third kappa shape index (κ3) is 4.68. The Kier molecular flexibility index (Phi) is 5.82. The highest BCUT2D eigenvalue weighted by Gasteiger charge is 2.27. The van der Waals surface area contributed by atoms with Crippen LogP contribution < -0.4 is 5.32 Å². The molecule has 4 heterocycles. The maximum Gasteiger partial charge on any atom is 0.148 e. The molecular formula is C23H25FN8O. The molecular weight excluding hydrogens is 423 g/mol. The second-order valence-corrected chi connectivity index (χ2v) is 8.77. The molecule has 10 heteroatoms. The van der Waals surface area contributed by atoms with Gasteiger partial charge in [-0.25, -0.2) is 13.6 Å². The third-order valence-electron chi connectivity index (χ3n) is 5.17. The van der Waals surface area contributed by atoms with Gasteiger partial charge < -0.3 is 10.4 Å². The SMILES string of the molecule is CC(C)Nc1cc(-c2ccc3cc(C#N)cnn23)ncc1-c1cn(CC(F)C(C)(C)O)nn1. The molecule has 33 heavy (non-hydrogen) atoms. The molecule has 0 fully saturated rings. The van der Waals surface area contributed by atoms with Crippen LogP contribution in [-0.2, 0) is 6.54 Å². The monoisotopic (exact) mass is 448 g/mol. The van der Waals surface area contributed by atoms with Gasteiger partial charge in [0.1, 0.15) is 17.9 Å². The first kappa shape index (κ1) is 22.4. The lowest BCUT2D eigenvalue weighted by Crippen LogP contribution is -2.35. The Morgan fingerprint density at radius 3 is 2.70 bits per heavy atom. The molecule has 0 aromatic carbocycles.